The van der Waals surface area contributed by atoms with Crippen molar-refractivity contribution in [3.63, 3.8) is 0 Å². The summed E-state index contributed by atoms with van der Waals surface area (Å²) in [6.45, 7) is 0.0753. The third kappa shape index (κ3) is 6.41. The molecule has 2 amide bonds. The molecule has 0 radical (unpaired) electrons. The summed E-state index contributed by atoms with van der Waals surface area (Å²) in [5.74, 6) is -1.96. The second kappa shape index (κ2) is 8.92. The number of alkyl halides is 3. The van der Waals surface area contributed by atoms with Crippen molar-refractivity contribution in [1.29, 1.82) is 0 Å². The minimum atomic E-state index is -4.51. The molecule has 150 valence electrons. The number of rotatable bonds is 6. The fourth-order valence-electron chi connectivity index (χ4n) is 2.19. The number of halogens is 5. The van der Waals surface area contributed by atoms with Crippen molar-refractivity contribution in [1.82, 2.24) is 5.32 Å². The van der Waals surface area contributed by atoms with Crippen LogP contribution in [0.4, 0.5) is 28.9 Å². The van der Waals surface area contributed by atoms with E-state index in [4.69, 9.17) is 11.6 Å². The van der Waals surface area contributed by atoms with Crippen LogP contribution in [0, 0.1) is 12.7 Å². The van der Waals surface area contributed by atoms with Gasteiger partial charge in [-0.25, -0.2) is 4.39 Å². The van der Waals surface area contributed by atoms with Gasteiger partial charge in [0.1, 0.15) is 12.4 Å². The number of aryl methyl sites for hydroxylation is 1. The molecule has 0 aliphatic carbocycles. The van der Waals surface area contributed by atoms with E-state index < -0.39 is 30.4 Å². The van der Waals surface area contributed by atoms with Crippen molar-refractivity contribution >= 4 is 34.8 Å². The summed E-state index contributed by atoms with van der Waals surface area (Å²) in [5.41, 5.74) is 1.41. The summed E-state index contributed by atoms with van der Waals surface area (Å²) in [6.07, 6.45) is -4.51. The van der Waals surface area contributed by atoms with Crippen LogP contribution >= 0.6 is 11.6 Å². The highest BCUT2D eigenvalue weighted by molar-refractivity contribution is 6.31. The Morgan fingerprint density at radius 3 is 2.46 bits per heavy atom. The molecule has 10 heteroatoms. The molecule has 0 aromatic heterocycles. The Balaban J connectivity index is 1.98. The molecule has 0 fully saturated rings. The molecular formula is C18H16ClF4N3O2. The number of hydrogen-bond donors (Lipinski definition) is 3. The van der Waals surface area contributed by atoms with Crippen LogP contribution in [0.15, 0.2) is 36.4 Å². The Morgan fingerprint density at radius 1 is 1.11 bits per heavy atom. The van der Waals surface area contributed by atoms with Crippen LogP contribution < -0.4 is 16.0 Å². The molecule has 0 bridgehead atoms. The zero-order valence-corrected chi connectivity index (χ0v) is 15.3. The summed E-state index contributed by atoms with van der Waals surface area (Å²) in [4.78, 5) is 23.8. The average Bonchev–Trinajstić information content (AvgIpc) is 2.61. The van der Waals surface area contributed by atoms with E-state index in [1.807, 2.05) is 0 Å². The molecule has 0 saturated carbocycles. The molecular weight excluding hydrogens is 402 g/mol. The first-order valence-electron chi connectivity index (χ1n) is 7.99. The van der Waals surface area contributed by atoms with E-state index in [2.05, 4.69) is 10.6 Å². The highest BCUT2D eigenvalue weighted by Crippen LogP contribution is 2.20. The summed E-state index contributed by atoms with van der Waals surface area (Å²) < 4.78 is 49.8. The third-order valence-electron chi connectivity index (χ3n) is 3.59. The lowest BCUT2D eigenvalue weighted by Crippen LogP contribution is -2.33. The van der Waals surface area contributed by atoms with Crippen LogP contribution in [0.5, 0.6) is 0 Å². The molecule has 2 rings (SSSR count). The van der Waals surface area contributed by atoms with Crippen molar-refractivity contribution in [2.24, 2.45) is 0 Å². The Labute approximate surface area is 163 Å². The molecule has 0 saturated heterocycles. The molecule has 0 atom stereocenters. The lowest BCUT2D eigenvalue weighted by Gasteiger charge is -2.13. The highest BCUT2D eigenvalue weighted by atomic mass is 35.5. The first kappa shape index (κ1) is 21.5. The molecule has 2 aromatic carbocycles. The third-order valence-corrected chi connectivity index (χ3v) is 3.88. The maximum absolute atomic E-state index is 13.1. The van der Waals surface area contributed by atoms with Gasteiger partial charge in [0.25, 0.3) is 5.91 Å². The molecule has 2 aromatic rings. The smallest absolute Gasteiger partial charge is 0.376 e. The molecule has 28 heavy (non-hydrogen) atoms. The molecule has 0 aliphatic rings. The first-order valence-corrected chi connectivity index (χ1v) is 8.37. The summed E-state index contributed by atoms with van der Waals surface area (Å²) in [6, 6.07) is 7.98. The highest BCUT2D eigenvalue weighted by Gasteiger charge is 2.28. The number of anilines is 2. The Bertz CT molecular complexity index is 888. The molecule has 0 aliphatic heterocycles. The number of amides is 2. The predicted octanol–water partition coefficient (Wildman–Crippen LogP) is 4.13. The molecule has 0 unspecified atom stereocenters. The van der Waals surface area contributed by atoms with Gasteiger partial charge in [-0.15, -0.1) is 0 Å². The van der Waals surface area contributed by atoms with Gasteiger partial charge in [-0.3, -0.25) is 9.59 Å². The Hall–Kier alpha value is -2.81. The summed E-state index contributed by atoms with van der Waals surface area (Å²) >= 11 is 5.64. The minimum Gasteiger partial charge on any atom is -0.376 e. The van der Waals surface area contributed by atoms with Gasteiger partial charge in [0.2, 0.25) is 5.91 Å². The topological polar surface area (TPSA) is 70.2 Å². The normalized spacial score (nSPS) is 11.1. The maximum Gasteiger partial charge on any atom is 0.405 e. The van der Waals surface area contributed by atoms with Crippen LogP contribution in [-0.4, -0.2) is 31.1 Å². The van der Waals surface area contributed by atoms with Crippen molar-refractivity contribution < 1.29 is 27.2 Å². The maximum atomic E-state index is 13.1. The molecule has 3 N–H and O–H groups in total. The van der Waals surface area contributed by atoms with Crippen LogP contribution in [0.1, 0.15) is 15.9 Å². The van der Waals surface area contributed by atoms with Crippen molar-refractivity contribution in [3.05, 3.63) is 58.4 Å². The van der Waals surface area contributed by atoms with Gasteiger partial charge in [0, 0.05) is 16.9 Å². The van der Waals surface area contributed by atoms with E-state index in [0.29, 0.717) is 16.9 Å². The van der Waals surface area contributed by atoms with Gasteiger partial charge in [-0.2, -0.15) is 13.2 Å². The number of benzene rings is 2. The average molecular weight is 418 g/mol. The number of carbonyl (C=O) groups is 2. The zero-order chi connectivity index (χ0) is 20.9. The lowest BCUT2D eigenvalue weighted by molar-refractivity contribution is -0.123. The first-order chi connectivity index (χ1) is 13.0. The SMILES string of the molecule is Cc1ccc(C(=O)NCC(F)(F)F)cc1NCC(=O)Nc1ccc(F)c(Cl)c1. The lowest BCUT2D eigenvalue weighted by atomic mass is 10.1. The second-order valence-electron chi connectivity index (χ2n) is 5.86. The largest absolute Gasteiger partial charge is 0.405 e. The van der Waals surface area contributed by atoms with Crippen molar-refractivity contribution in [3.8, 4) is 0 Å². The van der Waals surface area contributed by atoms with Gasteiger partial charge in [-0.05, 0) is 42.8 Å². The standard InChI is InChI=1S/C18H16ClF4N3O2/c1-10-2-3-11(17(28)25-9-18(21,22)23)6-15(10)24-8-16(27)26-12-4-5-14(20)13(19)7-12/h2-7,24H,8-9H2,1H3,(H,25,28)(H,26,27). The van der Waals surface area contributed by atoms with Gasteiger partial charge < -0.3 is 16.0 Å². The van der Waals surface area contributed by atoms with Crippen LogP contribution in [-0.2, 0) is 4.79 Å². The van der Waals surface area contributed by atoms with E-state index in [9.17, 15) is 27.2 Å². The molecule has 0 heterocycles. The van der Waals surface area contributed by atoms with E-state index >= 15 is 0 Å². The monoisotopic (exact) mass is 417 g/mol. The predicted molar refractivity (Wildman–Crippen MR) is 98.1 cm³/mol. The quantitative estimate of drug-likeness (QED) is 0.619. The van der Waals surface area contributed by atoms with E-state index in [1.54, 1.807) is 18.3 Å². The van der Waals surface area contributed by atoms with E-state index in [1.165, 1.54) is 24.3 Å². The van der Waals surface area contributed by atoms with Gasteiger partial charge in [-0.1, -0.05) is 17.7 Å². The van der Waals surface area contributed by atoms with Crippen molar-refractivity contribution in [2.75, 3.05) is 23.7 Å². The zero-order valence-electron chi connectivity index (χ0n) is 14.6. The van der Waals surface area contributed by atoms with Gasteiger partial charge in [0.15, 0.2) is 0 Å². The van der Waals surface area contributed by atoms with Gasteiger partial charge in [0.05, 0.1) is 11.6 Å². The number of carbonyl (C=O) groups excluding carboxylic acids is 2. The number of hydrogen-bond acceptors (Lipinski definition) is 3. The van der Waals surface area contributed by atoms with E-state index in [-0.39, 0.29) is 17.1 Å². The Morgan fingerprint density at radius 2 is 1.82 bits per heavy atom. The number of nitrogens with one attached hydrogen (secondary N) is 3. The summed E-state index contributed by atoms with van der Waals surface area (Å²) in [7, 11) is 0. The van der Waals surface area contributed by atoms with Crippen molar-refractivity contribution in [2.45, 2.75) is 13.1 Å². The fraction of sp³-hybridized carbons (Fsp3) is 0.222. The fourth-order valence-corrected chi connectivity index (χ4v) is 2.37. The Kier molecular flexibility index (Phi) is 6.85. The van der Waals surface area contributed by atoms with E-state index in [0.717, 1.165) is 6.07 Å². The van der Waals surface area contributed by atoms with Crippen LogP contribution in [0.2, 0.25) is 5.02 Å². The molecule has 0 spiro atoms. The van der Waals surface area contributed by atoms with Crippen LogP contribution in [0.3, 0.4) is 0 Å². The van der Waals surface area contributed by atoms with Gasteiger partial charge >= 0.3 is 6.18 Å². The second-order valence-corrected chi connectivity index (χ2v) is 6.27. The minimum absolute atomic E-state index is 0.0167. The van der Waals surface area contributed by atoms with Crippen LogP contribution in [0.25, 0.3) is 0 Å². The molecule has 5 nitrogen and oxygen atoms in total. The summed E-state index contributed by atoms with van der Waals surface area (Å²) in [5, 5.41) is 6.96.